The fourth-order valence-corrected chi connectivity index (χ4v) is 1.90. The quantitative estimate of drug-likeness (QED) is 0.927. The molecule has 2 N–H and O–H groups in total. The first-order valence-electron chi connectivity index (χ1n) is 4.62. The molecule has 0 aliphatic rings. The highest BCUT2D eigenvalue weighted by atomic mass is 79.9. The van der Waals surface area contributed by atoms with E-state index >= 15 is 0 Å². The van der Waals surface area contributed by atoms with E-state index in [1.165, 1.54) is 14.2 Å². The Morgan fingerprint density at radius 3 is 2.50 bits per heavy atom. The van der Waals surface area contributed by atoms with Gasteiger partial charge >= 0.3 is 0 Å². The number of ether oxygens (including phenoxy) is 2. The molecular formula is C11H13BrFNO2. The molecule has 0 saturated heterocycles. The van der Waals surface area contributed by atoms with Gasteiger partial charge in [0, 0.05) is 12.1 Å². The monoisotopic (exact) mass is 289 g/mol. The second kappa shape index (κ2) is 5.86. The Bertz CT molecular complexity index is 407. The summed E-state index contributed by atoms with van der Waals surface area (Å²) in [4.78, 5) is 0. The Kier molecular flexibility index (Phi) is 4.76. The average molecular weight is 290 g/mol. The van der Waals surface area contributed by atoms with Gasteiger partial charge in [0.05, 0.1) is 18.7 Å². The molecule has 1 aromatic carbocycles. The van der Waals surface area contributed by atoms with Crippen LogP contribution in [-0.2, 0) is 0 Å². The zero-order valence-electron chi connectivity index (χ0n) is 9.09. The number of hydrogen-bond acceptors (Lipinski definition) is 3. The summed E-state index contributed by atoms with van der Waals surface area (Å²) in [7, 11) is 2.81. The molecule has 0 heterocycles. The Labute approximate surface area is 102 Å². The molecular weight excluding hydrogens is 277 g/mol. The molecule has 1 aromatic rings. The van der Waals surface area contributed by atoms with E-state index in [0.717, 1.165) is 0 Å². The largest absolute Gasteiger partial charge is 0.493 e. The minimum atomic E-state index is -0.531. The molecule has 0 aliphatic carbocycles. The predicted molar refractivity (Wildman–Crippen MR) is 65.3 cm³/mol. The zero-order chi connectivity index (χ0) is 12.1. The van der Waals surface area contributed by atoms with Crippen molar-refractivity contribution in [1.29, 1.82) is 0 Å². The summed E-state index contributed by atoms with van der Waals surface area (Å²) in [5.74, 6) is -0.262. The van der Waals surface area contributed by atoms with Gasteiger partial charge in [-0.15, -0.1) is 0 Å². The van der Waals surface area contributed by atoms with E-state index in [1.54, 1.807) is 18.2 Å². The standard InChI is InChI=1S/C11H13BrFNO2/c1-15-10-7(4-3-5-14)6-8(12)11(16-2)9(10)13/h3-4,6H,5,14H2,1-2H3/b4-3+. The van der Waals surface area contributed by atoms with Crippen molar-refractivity contribution in [2.24, 2.45) is 5.73 Å². The van der Waals surface area contributed by atoms with Crippen LogP contribution in [0.1, 0.15) is 5.56 Å². The summed E-state index contributed by atoms with van der Waals surface area (Å²) >= 11 is 3.23. The fraction of sp³-hybridized carbons (Fsp3) is 0.273. The molecule has 1 rings (SSSR count). The van der Waals surface area contributed by atoms with Crippen LogP contribution in [-0.4, -0.2) is 20.8 Å². The Balaban J connectivity index is 3.34. The molecule has 0 aliphatic heterocycles. The molecule has 0 aromatic heterocycles. The number of halogens is 2. The molecule has 0 bridgehead atoms. The van der Waals surface area contributed by atoms with Crippen molar-refractivity contribution >= 4 is 22.0 Å². The Hall–Kier alpha value is -1.07. The van der Waals surface area contributed by atoms with Gasteiger partial charge in [0.2, 0.25) is 5.82 Å². The molecule has 88 valence electrons. The molecule has 0 saturated carbocycles. The summed E-state index contributed by atoms with van der Waals surface area (Å²) in [5, 5.41) is 0. The van der Waals surface area contributed by atoms with Crippen molar-refractivity contribution in [2.45, 2.75) is 0 Å². The molecule has 0 fully saturated rings. The van der Waals surface area contributed by atoms with Gasteiger partial charge in [0.25, 0.3) is 0 Å². The third-order valence-electron chi connectivity index (χ3n) is 2.00. The topological polar surface area (TPSA) is 44.5 Å². The smallest absolute Gasteiger partial charge is 0.208 e. The van der Waals surface area contributed by atoms with Crippen LogP contribution in [0.15, 0.2) is 16.6 Å². The van der Waals surface area contributed by atoms with Gasteiger partial charge in [0.1, 0.15) is 0 Å². The van der Waals surface area contributed by atoms with Crippen molar-refractivity contribution in [3.8, 4) is 11.5 Å². The molecule has 5 heteroatoms. The SMILES string of the molecule is COc1c(Br)cc(/C=C/CN)c(OC)c1F. The second-order valence-electron chi connectivity index (χ2n) is 2.97. The number of benzene rings is 1. The number of rotatable bonds is 4. The van der Waals surface area contributed by atoms with Crippen LogP contribution in [0, 0.1) is 5.82 Å². The number of hydrogen-bond donors (Lipinski definition) is 1. The van der Waals surface area contributed by atoms with E-state index < -0.39 is 5.82 Å². The van der Waals surface area contributed by atoms with E-state index in [1.807, 2.05) is 0 Å². The van der Waals surface area contributed by atoms with Crippen molar-refractivity contribution in [3.63, 3.8) is 0 Å². The van der Waals surface area contributed by atoms with Crippen LogP contribution < -0.4 is 15.2 Å². The van der Waals surface area contributed by atoms with E-state index in [2.05, 4.69) is 15.9 Å². The van der Waals surface area contributed by atoms with Crippen LogP contribution in [0.3, 0.4) is 0 Å². The maximum atomic E-state index is 13.9. The first-order chi connectivity index (χ1) is 7.65. The molecule has 16 heavy (non-hydrogen) atoms. The first-order valence-corrected chi connectivity index (χ1v) is 5.41. The van der Waals surface area contributed by atoms with Gasteiger partial charge < -0.3 is 15.2 Å². The van der Waals surface area contributed by atoms with Crippen molar-refractivity contribution in [2.75, 3.05) is 20.8 Å². The van der Waals surface area contributed by atoms with E-state index in [-0.39, 0.29) is 11.5 Å². The van der Waals surface area contributed by atoms with Crippen LogP contribution in [0.4, 0.5) is 4.39 Å². The summed E-state index contributed by atoms with van der Waals surface area (Å²) in [6.45, 7) is 0.383. The third kappa shape index (κ3) is 2.54. The molecule has 0 amide bonds. The molecule has 0 atom stereocenters. The minimum Gasteiger partial charge on any atom is -0.493 e. The van der Waals surface area contributed by atoms with E-state index in [0.29, 0.717) is 16.6 Å². The highest BCUT2D eigenvalue weighted by molar-refractivity contribution is 9.10. The predicted octanol–water partition coefficient (Wildman–Crippen LogP) is 2.58. The number of methoxy groups -OCH3 is 2. The summed E-state index contributed by atoms with van der Waals surface area (Å²) in [6.07, 6.45) is 3.42. The second-order valence-corrected chi connectivity index (χ2v) is 3.82. The van der Waals surface area contributed by atoms with Gasteiger partial charge in [-0.25, -0.2) is 0 Å². The summed E-state index contributed by atoms with van der Waals surface area (Å²) < 4.78 is 24.3. The lowest BCUT2D eigenvalue weighted by Crippen LogP contribution is -1.98. The van der Waals surface area contributed by atoms with Crippen LogP contribution in [0.2, 0.25) is 0 Å². The first kappa shape index (κ1) is 13.0. The lowest BCUT2D eigenvalue weighted by Gasteiger charge is -2.11. The normalized spacial score (nSPS) is 10.8. The van der Waals surface area contributed by atoms with Crippen molar-refractivity contribution in [1.82, 2.24) is 0 Å². The summed E-state index contributed by atoms with van der Waals surface area (Å²) in [5.41, 5.74) is 5.95. The van der Waals surface area contributed by atoms with Crippen LogP contribution in [0.25, 0.3) is 6.08 Å². The molecule has 0 unspecified atom stereocenters. The third-order valence-corrected chi connectivity index (χ3v) is 2.59. The van der Waals surface area contributed by atoms with E-state index in [9.17, 15) is 4.39 Å². The zero-order valence-corrected chi connectivity index (χ0v) is 10.7. The van der Waals surface area contributed by atoms with Crippen LogP contribution >= 0.6 is 15.9 Å². The lowest BCUT2D eigenvalue weighted by molar-refractivity contribution is 0.348. The summed E-state index contributed by atoms with van der Waals surface area (Å²) in [6, 6.07) is 1.72. The van der Waals surface area contributed by atoms with E-state index in [4.69, 9.17) is 15.2 Å². The van der Waals surface area contributed by atoms with Crippen molar-refractivity contribution < 1.29 is 13.9 Å². The van der Waals surface area contributed by atoms with Crippen LogP contribution in [0.5, 0.6) is 11.5 Å². The van der Waals surface area contributed by atoms with Gasteiger partial charge in [-0.05, 0) is 22.0 Å². The minimum absolute atomic E-state index is 0.127. The average Bonchev–Trinajstić information content (AvgIpc) is 2.26. The van der Waals surface area contributed by atoms with Crippen molar-refractivity contribution in [3.05, 3.63) is 28.0 Å². The number of nitrogens with two attached hydrogens (primary N) is 1. The fourth-order valence-electron chi connectivity index (χ4n) is 1.32. The van der Waals surface area contributed by atoms with Gasteiger partial charge in [0.15, 0.2) is 11.5 Å². The highest BCUT2D eigenvalue weighted by Gasteiger charge is 2.17. The Morgan fingerprint density at radius 2 is 2.00 bits per heavy atom. The van der Waals surface area contributed by atoms with Gasteiger partial charge in [-0.1, -0.05) is 12.2 Å². The molecule has 3 nitrogen and oxygen atoms in total. The van der Waals surface area contributed by atoms with Gasteiger partial charge in [-0.3, -0.25) is 0 Å². The lowest BCUT2D eigenvalue weighted by atomic mass is 10.1. The highest BCUT2D eigenvalue weighted by Crippen LogP contribution is 2.37. The molecule has 0 radical (unpaired) electrons. The Morgan fingerprint density at radius 1 is 1.38 bits per heavy atom. The maximum Gasteiger partial charge on any atom is 0.208 e. The molecule has 0 spiro atoms. The van der Waals surface area contributed by atoms with Gasteiger partial charge in [-0.2, -0.15) is 4.39 Å². The maximum absolute atomic E-state index is 13.9.